The van der Waals surface area contributed by atoms with Crippen molar-refractivity contribution in [1.82, 2.24) is 14.7 Å². The van der Waals surface area contributed by atoms with E-state index in [1.54, 1.807) is 47.5 Å². The number of nitrogens with zero attached hydrogens (tertiary/aromatic N) is 4. The molecule has 0 saturated carbocycles. The summed E-state index contributed by atoms with van der Waals surface area (Å²) in [6.07, 6.45) is 1.58. The molecule has 0 aliphatic carbocycles. The summed E-state index contributed by atoms with van der Waals surface area (Å²) in [5, 5.41) is 4.37. The molecule has 4 aromatic rings. The molecule has 2 aromatic heterocycles. The summed E-state index contributed by atoms with van der Waals surface area (Å²) < 4.78 is 20.1. The normalized spacial score (nSPS) is 13.8. The minimum Gasteiger partial charge on any atom is -0.451 e. The van der Waals surface area contributed by atoms with Crippen LogP contribution >= 0.6 is 11.6 Å². The SMILES string of the molecule is O=C(c1ccc(-c2ccc(F)cc2)o1)N1CCN(c2cnn(-c3ccccc3)c(=O)c2Cl)CC1. The van der Waals surface area contributed by atoms with Crippen LogP contribution in [0.2, 0.25) is 5.02 Å². The van der Waals surface area contributed by atoms with E-state index in [1.807, 2.05) is 23.1 Å². The molecule has 0 spiro atoms. The molecule has 7 nitrogen and oxygen atoms in total. The predicted octanol–water partition coefficient (Wildman–Crippen LogP) is 4.25. The van der Waals surface area contributed by atoms with E-state index in [4.69, 9.17) is 16.0 Å². The monoisotopic (exact) mass is 478 g/mol. The highest BCUT2D eigenvalue weighted by atomic mass is 35.5. The van der Waals surface area contributed by atoms with Gasteiger partial charge in [-0.25, -0.2) is 4.39 Å². The summed E-state index contributed by atoms with van der Waals surface area (Å²) in [5.74, 6) is 0.158. The Labute approximate surface area is 199 Å². The number of rotatable bonds is 4. The molecule has 1 fully saturated rings. The van der Waals surface area contributed by atoms with Gasteiger partial charge >= 0.3 is 0 Å². The van der Waals surface area contributed by atoms with Crippen molar-refractivity contribution in [3.8, 4) is 17.0 Å². The van der Waals surface area contributed by atoms with Crippen molar-refractivity contribution in [3.05, 3.63) is 99.9 Å². The first-order chi connectivity index (χ1) is 16.5. The van der Waals surface area contributed by atoms with Crippen LogP contribution in [0.3, 0.4) is 0 Å². The zero-order valence-corrected chi connectivity index (χ0v) is 18.8. The van der Waals surface area contributed by atoms with Crippen LogP contribution < -0.4 is 10.5 Å². The van der Waals surface area contributed by atoms with E-state index >= 15 is 0 Å². The number of benzene rings is 2. The second-order valence-electron chi connectivity index (χ2n) is 7.85. The van der Waals surface area contributed by atoms with E-state index in [9.17, 15) is 14.0 Å². The summed E-state index contributed by atoms with van der Waals surface area (Å²) in [4.78, 5) is 29.3. The van der Waals surface area contributed by atoms with Gasteiger partial charge in [0.15, 0.2) is 5.76 Å². The summed E-state index contributed by atoms with van der Waals surface area (Å²) in [6.45, 7) is 1.86. The standard InChI is InChI=1S/C25H20ClFN4O3/c26-23-20(16-28-31(25(23)33)19-4-2-1-3-5-19)29-12-14-30(15-13-29)24(32)22-11-10-21(34-22)17-6-8-18(27)9-7-17/h1-11,16H,12-15H2. The molecular weight excluding hydrogens is 459 g/mol. The maximum atomic E-state index is 13.2. The lowest BCUT2D eigenvalue weighted by atomic mass is 10.2. The van der Waals surface area contributed by atoms with Gasteiger partial charge in [0, 0.05) is 31.7 Å². The minimum atomic E-state index is -0.396. The van der Waals surface area contributed by atoms with Gasteiger partial charge in [0.2, 0.25) is 0 Å². The predicted molar refractivity (Wildman–Crippen MR) is 127 cm³/mol. The largest absolute Gasteiger partial charge is 0.451 e. The van der Waals surface area contributed by atoms with Gasteiger partial charge in [-0.1, -0.05) is 29.8 Å². The number of piperazine rings is 1. The Bertz CT molecular complexity index is 1380. The number of hydrogen-bond acceptors (Lipinski definition) is 5. The lowest BCUT2D eigenvalue weighted by Crippen LogP contribution is -2.49. The topological polar surface area (TPSA) is 71.6 Å². The quantitative estimate of drug-likeness (QED) is 0.438. The molecule has 0 bridgehead atoms. The molecule has 1 aliphatic rings. The number of carbonyl (C=O) groups is 1. The number of amides is 1. The molecule has 3 heterocycles. The number of halogens is 2. The van der Waals surface area contributed by atoms with Crippen molar-refractivity contribution in [1.29, 1.82) is 0 Å². The van der Waals surface area contributed by atoms with E-state index in [2.05, 4.69) is 5.10 Å². The Morgan fingerprint density at radius 1 is 0.941 bits per heavy atom. The van der Waals surface area contributed by atoms with Gasteiger partial charge in [-0.15, -0.1) is 0 Å². The van der Waals surface area contributed by atoms with Crippen LogP contribution in [-0.2, 0) is 0 Å². The molecule has 1 amide bonds. The number of anilines is 1. The van der Waals surface area contributed by atoms with Gasteiger partial charge in [-0.05, 0) is 48.5 Å². The zero-order valence-electron chi connectivity index (χ0n) is 18.0. The van der Waals surface area contributed by atoms with Crippen LogP contribution in [0, 0.1) is 5.82 Å². The van der Waals surface area contributed by atoms with Crippen LogP contribution in [0.1, 0.15) is 10.6 Å². The number of hydrogen-bond donors (Lipinski definition) is 0. The van der Waals surface area contributed by atoms with E-state index in [0.29, 0.717) is 48.9 Å². The number of aromatic nitrogens is 2. The molecule has 0 radical (unpaired) electrons. The maximum absolute atomic E-state index is 13.2. The Morgan fingerprint density at radius 3 is 2.35 bits per heavy atom. The van der Waals surface area contributed by atoms with Crippen LogP contribution in [0.4, 0.5) is 10.1 Å². The van der Waals surface area contributed by atoms with E-state index in [1.165, 1.54) is 16.8 Å². The summed E-state index contributed by atoms with van der Waals surface area (Å²) in [7, 11) is 0. The second-order valence-corrected chi connectivity index (χ2v) is 8.22. The zero-order chi connectivity index (χ0) is 23.7. The Kier molecular flexibility index (Phi) is 5.90. The van der Waals surface area contributed by atoms with Crippen molar-refractivity contribution in [2.24, 2.45) is 0 Å². The van der Waals surface area contributed by atoms with Gasteiger partial charge in [-0.2, -0.15) is 9.78 Å². The first kappa shape index (κ1) is 21.9. The summed E-state index contributed by atoms with van der Waals surface area (Å²) >= 11 is 6.41. The van der Waals surface area contributed by atoms with E-state index in [-0.39, 0.29) is 22.5 Å². The summed E-state index contributed by atoms with van der Waals surface area (Å²) in [5.41, 5.74) is 1.47. The van der Waals surface area contributed by atoms with E-state index in [0.717, 1.165) is 0 Å². The van der Waals surface area contributed by atoms with E-state index < -0.39 is 5.56 Å². The molecule has 5 rings (SSSR count). The van der Waals surface area contributed by atoms with Crippen molar-refractivity contribution >= 4 is 23.2 Å². The third kappa shape index (κ3) is 4.20. The first-order valence-electron chi connectivity index (χ1n) is 10.7. The average Bonchev–Trinajstić information content (AvgIpc) is 3.37. The molecule has 9 heteroatoms. The minimum absolute atomic E-state index is 0.0913. The first-order valence-corrected chi connectivity index (χ1v) is 11.1. The number of para-hydroxylation sites is 1. The van der Waals surface area contributed by atoms with Crippen LogP contribution in [0.25, 0.3) is 17.0 Å². The van der Waals surface area contributed by atoms with Crippen molar-refractivity contribution in [2.75, 3.05) is 31.1 Å². The fraction of sp³-hybridized carbons (Fsp3) is 0.160. The molecule has 1 saturated heterocycles. The van der Waals surface area contributed by atoms with Crippen LogP contribution in [0.15, 0.2) is 82.1 Å². The molecule has 0 atom stereocenters. The smallest absolute Gasteiger partial charge is 0.292 e. The number of carbonyl (C=O) groups excluding carboxylic acids is 1. The van der Waals surface area contributed by atoms with Gasteiger partial charge < -0.3 is 14.2 Å². The third-order valence-electron chi connectivity index (χ3n) is 5.75. The average molecular weight is 479 g/mol. The third-order valence-corrected chi connectivity index (χ3v) is 6.11. The fourth-order valence-corrected chi connectivity index (χ4v) is 4.17. The van der Waals surface area contributed by atoms with Crippen molar-refractivity contribution < 1.29 is 13.6 Å². The van der Waals surface area contributed by atoms with Crippen molar-refractivity contribution in [3.63, 3.8) is 0 Å². The van der Waals surface area contributed by atoms with Crippen LogP contribution in [-0.4, -0.2) is 46.8 Å². The van der Waals surface area contributed by atoms with Gasteiger partial charge in [-0.3, -0.25) is 9.59 Å². The highest BCUT2D eigenvalue weighted by Gasteiger charge is 2.26. The molecule has 0 unspecified atom stereocenters. The maximum Gasteiger partial charge on any atom is 0.292 e. The van der Waals surface area contributed by atoms with Gasteiger partial charge in [0.1, 0.15) is 16.6 Å². The summed E-state index contributed by atoms with van der Waals surface area (Å²) in [6, 6.07) is 18.3. The van der Waals surface area contributed by atoms with Crippen molar-refractivity contribution in [2.45, 2.75) is 0 Å². The molecule has 0 N–H and O–H groups in total. The second kappa shape index (κ2) is 9.15. The highest BCUT2D eigenvalue weighted by molar-refractivity contribution is 6.33. The Hall–Kier alpha value is -3.91. The molecule has 1 aliphatic heterocycles. The fourth-order valence-electron chi connectivity index (χ4n) is 3.93. The number of furan rings is 1. The molecule has 2 aromatic carbocycles. The molecular formula is C25H20ClFN4O3. The lowest BCUT2D eigenvalue weighted by Gasteiger charge is -2.35. The molecule has 34 heavy (non-hydrogen) atoms. The Morgan fingerprint density at radius 2 is 1.65 bits per heavy atom. The van der Waals surface area contributed by atoms with Gasteiger partial charge in [0.05, 0.1) is 17.6 Å². The lowest BCUT2D eigenvalue weighted by molar-refractivity contribution is 0.0715. The Balaban J connectivity index is 1.27. The molecule has 172 valence electrons. The van der Waals surface area contributed by atoms with Gasteiger partial charge in [0.25, 0.3) is 11.5 Å². The van der Waals surface area contributed by atoms with Crippen LogP contribution in [0.5, 0.6) is 0 Å². The highest BCUT2D eigenvalue weighted by Crippen LogP contribution is 2.25.